The molecular formula is C16H19NO. The van der Waals surface area contributed by atoms with Crippen molar-refractivity contribution in [3.63, 3.8) is 0 Å². The zero-order valence-corrected chi connectivity index (χ0v) is 10.6. The van der Waals surface area contributed by atoms with Crippen molar-refractivity contribution in [3.8, 4) is 11.1 Å². The fourth-order valence-electron chi connectivity index (χ4n) is 1.97. The Bertz CT molecular complexity index is 488. The summed E-state index contributed by atoms with van der Waals surface area (Å²) in [4.78, 5) is 0. The highest BCUT2D eigenvalue weighted by Gasteiger charge is 2.17. The van der Waals surface area contributed by atoms with E-state index in [9.17, 15) is 0 Å². The molecule has 0 aromatic heterocycles. The molecule has 0 bridgehead atoms. The van der Waals surface area contributed by atoms with Gasteiger partial charge in [0.25, 0.3) is 0 Å². The summed E-state index contributed by atoms with van der Waals surface area (Å²) >= 11 is 0. The van der Waals surface area contributed by atoms with E-state index in [0.717, 1.165) is 5.56 Å². The Kier molecular flexibility index (Phi) is 3.80. The maximum absolute atomic E-state index is 9.16. The molecule has 2 aromatic rings. The molecule has 0 spiro atoms. The lowest BCUT2D eigenvalue weighted by molar-refractivity contribution is 0.208. The third kappa shape index (κ3) is 3.19. The zero-order valence-electron chi connectivity index (χ0n) is 10.6. The van der Waals surface area contributed by atoms with Crippen LogP contribution in [-0.4, -0.2) is 17.3 Å². The minimum atomic E-state index is -0.547. The number of hydrogen-bond acceptors (Lipinski definition) is 2. The average Bonchev–Trinajstić information content (AvgIpc) is 2.40. The van der Waals surface area contributed by atoms with Crippen LogP contribution in [0.4, 0.5) is 0 Å². The summed E-state index contributed by atoms with van der Waals surface area (Å²) in [6.45, 7) is 1.85. The molecule has 0 fully saturated rings. The van der Waals surface area contributed by atoms with Gasteiger partial charge in [0.1, 0.15) is 0 Å². The topological polar surface area (TPSA) is 46.2 Å². The van der Waals surface area contributed by atoms with Crippen LogP contribution >= 0.6 is 0 Å². The van der Waals surface area contributed by atoms with E-state index >= 15 is 0 Å². The van der Waals surface area contributed by atoms with Gasteiger partial charge in [-0.25, -0.2) is 0 Å². The second-order valence-electron chi connectivity index (χ2n) is 5.05. The van der Waals surface area contributed by atoms with E-state index in [2.05, 4.69) is 36.4 Å². The molecule has 0 aliphatic carbocycles. The van der Waals surface area contributed by atoms with Crippen molar-refractivity contribution in [2.24, 2.45) is 5.73 Å². The molecule has 0 amide bonds. The van der Waals surface area contributed by atoms with Crippen molar-refractivity contribution in [2.75, 3.05) is 6.61 Å². The molecule has 3 N–H and O–H groups in total. The number of aliphatic hydroxyl groups is 1. The number of nitrogens with two attached hydrogens (primary N) is 1. The highest BCUT2D eigenvalue weighted by molar-refractivity contribution is 5.63. The number of benzene rings is 2. The van der Waals surface area contributed by atoms with Crippen molar-refractivity contribution in [3.05, 3.63) is 60.2 Å². The maximum Gasteiger partial charge on any atom is 0.0611 e. The summed E-state index contributed by atoms with van der Waals surface area (Å²) in [6.07, 6.45) is 0.679. The molecule has 2 rings (SSSR count). The van der Waals surface area contributed by atoms with Crippen LogP contribution in [0.15, 0.2) is 54.6 Å². The number of aliphatic hydroxyl groups excluding tert-OH is 1. The largest absolute Gasteiger partial charge is 0.394 e. The van der Waals surface area contributed by atoms with Crippen LogP contribution in [-0.2, 0) is 6.42 Å². The van der Waals surface area contributed by atoms with Crippen LogP contribution in [0.2, 0.25) is 0 Å². The Balaban J connectivity index is 2.16. The van der Waals surface area contributed by atoms with E-state index in [1.165, 1.54) is 11.1 Å². The third-order valence-electron chi connectivity index (χ3n) is 3.03. The SMILES string of the molecule is CC(N)(CO)Cc1ccc(-c2ccccc2)cc1. The van der Waals surface area contributed by atoms with Crippen molar-refractivity contribution in [1.82, 2.24) is 0 Å². The lowest BCUT2D eigenvalue weighted by Crippen LogP contribution is -2.42. The molecule has 2 nitrogen and oxygen atoms in total. The van der Waals surface area contributed by atoms with Gasteiger partial charge in [-0.15, -0.1) is 0 Å². The Labute approximate surface area is 108 Å². The maximum atomic E-state index is 9.16. The van der Waals surface area contributed by atoms with Crippen LogP contribution in [0.1, 0.15) is 12.5 Å². The highest BCUT2D eigenvalue weighted by Crippen LogP contribution is 2.20. The van der Waals surface area contributed by atoms with Gasteiger partial charge in [-0.2, -0.15) is 0 Å². The quantitative estimate of drug-likeness (QED) is 0.864. The number of hydrogen-bond donors (Lipinski definition) is 2. The van der Waals surface area contributed by atoms with E-state index in [1.54, 1.807) is 0 Å². The smallest absolute Gasteiger partial charge is 0.0611 e. The summed E-state index contributed by atoms with van der Waals surface area (Å²) in [6, 6.07) is 18.6. The van der Waals surface area contributed by atoms with E-state index in [0.29, 0.717) is 6.42 Å². The fourth-order valence-corrected chi connectivity index (χ4v) is 1.97. The first-order valence-corrected chi connectivity index (χ1v) is 6.15. The molecule has 0 saturated heterocycles. The molecule has 94 valence electrons. The summed E-state index contributed by atoms with van der Waals surface area (Å²) < 4.78 is 0. The van der Waals surface area contributed by atoms with Gasteiger partial charge in [0.2, 0.25) is 0 Å². The van der Waals surface area contributed by atoms with E-state index in [-0.39, 0.29) is 6.61 Å². The molecule has 0 heterocycles. The molecule has 2 heteroatoms. The van der Waals surface area contributed by atoms with Gasteiger partial charge in [-0.05, 0) is 30.0 Å². The van der Waals surface area contributed by atoms with Gasteiger partial charge in [-0.1, -0.05) is 54.6 Å². The monoisotopic (exact) mass is 241 g/mol. The standard InChI is InChI=1S/C16H19NO/c1-16(17,12-18)11-13-7-9-15(10-8-13)14-5-3-2-4-6-14/h2-10,18H,11-12,17H2,1H3. The predicted molar refractivity (Wildman–Crippen MR) is 75.3 cm³/mol. The van der Waals surface area contributed by atoms with Crippen LogP contribution in [0.5, 0.6) is 0 Å². The Hall–Kier alpha value is -1.64. The first-order chi connectivity index (χ1) is 8.61. The van der Waals surface area contributed by atoms with Gasteiger partial charge >= 0.3 is 0 Å². The molecule has 2 aromatic carbocycles. The van der Waals surface area contributed by atoms with Gasteiger partial charge in [0, 0.05) is 5.54 Å². The normalized spacial score (nSPS) is 14.2. The van der Waals surface area contributed by atoms with Gasteiger partial charge < -0.3 is 10.8 Å². The van der Waals surface area contributed by atoms with Crippen molar-refractivity contribution >= 4 is 0 Å². The van der Waals surface area contributed by atoms with Crippen molar-refractivity contribution in [2.45, 2.75) is 18.9 Å². The number of rotatable bonds is 4. The average molecular weight is 241 g/mol. The van der Waals surface area contributed by atoms with Crippen LogP contribution in [0.25, 0.3) is 11.1 Å². The van der Waals surface area contributed by atoms with Crippen molar-refractivity contribution < 1.29 is 5.11 Å². The van der Waals surface area contributed by atoms with E-state index in [4.69, 9.17) is 10.8 Å². The molecule has 0 radical (unpaired) electrons. The minimum Gasteiger partial charge on any atom is -0.394 e. The second kappa shape index (κ2) is 5.34. The zero-order chi connectivity index (χ0) is 13.0. The highest BCUT2D eigenvalue weighted by atomic mass is 16.3. The molecule has 1 unspecified atom stereocenters. The third-order valence-corrected chi connectivity index (χ3v) is 3.03. The second-order valence-corrected chi connectivity index (χ2v) is 5.05. The Morgan fingerprint density at radius 1 is 0.944 bits per heavy atom. The van der Waals surface area contributed by atoms with E-state index in [1.807, 2.05) is 25.1 Å². The predicted octanol–water partition coefficient (Wildman–Crippen LogP) is 2.61. The fraction of sp³-hybridized carbons (Fsp3) is 0.250. The first-order valence-electron chi connectivity index (χ1n) is 6.15. The summed E-state index contributed by atoms with van der Waals surface area (Å²) in [7, 11) is 0. The molecule has 0 aliphatic heterocycles. The molecule has 18 heavy (non-hydrogen) atoms. The lowest BCUT2D eigenvalue weighted by atomic mass is 9.93. The Morgan fingerprint density at radius 2 is 1.50 bits per heavy atom. The molecule has 0 saturated carbocycles. The van der Waals surface area contributed by atoms with E-state index < -0.39 is 5.54 Å². The van der Waals surface area contributed by atoms with Gasteiger partial charge in [0.05, 0.1) is 6.61 Å². The van der Waals surface area contributed by atoms with Gasteiger partial charge in [-0.3, -0.25) is 0 Å². The molecular weight excluding hydrogens is 222 g/mol. The van der Waals surface area contributed by atoms with Crippen LogP contribution in [0.3, 0.4) is 0 Å². The summed E-state index contributed by atoms with van der Waals surface area (Å²) in [5.41, 5.74) is 8.95. The van der Waals surface area contributed by atoms with Crippen LogP contribution < -0.4 is 5.73 Å². The molecule has 1 atom stereocenters. The lowest BCUT2D eigenvalue weighted by Gasteiger charge is -2.21. The van der Waals surface area contributed by atoms with Crippen LogP contribution in [0, 0.1) is 0 Å². The minimum absolute atomic E-state index is 0.00651. The molecule has 0 aliphatic rings. The first kappa shape index (κ1) is 12.8. The summed E-state index contributed by atoms with van der Waals surface area (Å²) in [5, 5.41) is 9.16. The van der Waals surface area contributed by atoms with Crippen molar-refractivity contribution in [1.29, 1.82) is 0 Å². The summed E-state index contributed by atoms with van der Waals surface area (Å²) in [5.74, 6) is 0. The van der Waals surface area contributed by atoms with Gasteiger partial charge in [0.15, 0.2) is 0 Å². The Morgan fingerprint density at radius 3 is 2.06 bits per heavy atom.